The third kappa shape index (κ3) is 6.29. The van der Waals surface area contributed by atoms with E-state index >= 15 is 0 Å². The summed E-state index contributed by atoms with van der Waals surface area (Å²) in [5.41, 5.74) is 2.16. The standard InChI is InChI=1S/C26H30N4O4/c1-26(2,3)34-25(32)30-23(15-17-16-28-20-11-7-5-9-18(17)20)22(13-14-27)29-21-12-8-6-10-19(21)24(31)33-4/h5-12,16,22-23,28-29H,13,15H2,1-4H3,(H,30,32)/t22?,23-/m0/s1. The van der Waals surface area contributed by atoms with Crippen LogP contribution in [-0.4, -0.2) is 41.8 Å². The number of amides is 1. The number of methoxy groups -OCH3 is 1. The van der Waals surface area contributed by atoms with Crippen molar-refractivity contribution in [2.24, 2.45) is 0 Å². The molecule has 0 saturated heterocycles. The number of nitrogens with zero attached hydrogens (tertiary/aromatic N) is 1. The van der Waals surface area contributed by atoms with Gasteiger partial charge in [-0.15, -0.1) is 0 Å². The smallest absolute Gasteiger partial charge is 0.407 e. The number of H-pyrrole nitrogens is 1. The third-order valence-electron chi connectivity index (χ3n) is 5.29. The number of anilines is 1. The van der Waals surface area contributed by atoms with Gasteiger partial charge in [-0.3, -0.25) is 0 Å². The molecule has 0 aliphatic rings. The minimum absolute atomic E-state index is 0.0817. The Bertz CT molecular complexity index is 1190. The number of carbonyl (C=O) groups is 2. The van der Waals surface area contributed by atoms with Crippen molar-refractivity contribution in [3.05, 3.63) is 65.9 Å². The Morgan fingerprint density at radius 3 is 2.50 bits per heavy atom. The molecule has 3 rings (SSSR count). The van der Waals surface area contributed by atoms with Gasteiger partial charge >= 0.3 is 12.1 Å². The summed E-state index contributed by atoms with van der Waals surface area (Å²) in [7, 11) is 1.32. The van der Waals surface area contributed by atoms with Gasteiger partial charge in [-0.25, -0.2) is 9.59 Å². The van der Waals surface area contributed by atoms with Crippen molar-refractivity contribution in [1.29, 1.82) is 5.26 Å². The molecule has 0 spiro atoms. The van der Waals surface area contributed by atoms with Crippen LogP contribution in [0.3, 0.4) is 0 Å². The lowest BCUT2D eigenvalue weighted by Gasteiger charge is -2.30. The molecule has 1 unspecified atom stereocenters. The number of aromatic amines is 1. The van der Waals surface area contributed by atoms with Crippen LogP contribution in [0.2, 0.25) is 0 Å². The molecule has 0 fully saturated rings. The first-order valence-corrected chi connectivity index (χ1v) is 11.1. The fourth-order valence-electron chi connectivity index (χ4n) is 3.78. The minimum Gasteiger partial charge on any atom is -0.465 e. The lowest BCUT2D eigenvalue weighted by atomic mass is 9.96. The number of para-hydroxylation sites is 2. The highest BCUT2D eigenvalue weighted by Gasteiger charge is 2.28. The lowest BCUT2D eigenvalue weighted by Crippen LogP contribution is -2.49. The van der Waals surface area contributed by atoms with Gasteiger partial charge in [-0.2, -0.15) is 5.26 Å². The van der Waals surface area contributed by atoms with Crippen molar-refractivity contribution in [3.8, 4) is 6.07 Å². The summed E-state index contributed by atoms with van der Waals surface area (Å²) in [6, 6.07) is 16.0. The van der Waals surface area contributed by atoms with Crippen molar-refractivity contribution < 1.29 is 19.1 Å². The quantitative estimate of drug-likeness (QED) is 0.415. The second-order valence-electron chi connectivity index (χ2n) is 8.97. The number of benzene rings is 2. The molecule has 2 atom stereocenters. The van der Waals surface area contributed by atoms with Gasteiger partial charge in [0.1, 0.15) is 5.60 Å². The maximum atomic E-state index is 12.7. The Labute approximate surface area is 199 Å². The first kappa shape index (κ1) is 24.6. The molecule has 0 aliphatic heterocycles. The normalized spacial score (nSPS) is 12.9. The van der Waals surface area contributed by atoms with Crippen LogP contribution in [0.5, 0.6) is 0 Å². The lowest BCUT2D eigenvalue weighted by molar-refractivity contribution is 0.0497. The van der Waals surface area contributed by atoms with Crippen LogP contribution in [0.1, 0.15) is 43.1 Å². The molecule has 0 saturated carbocycles. The number of carbonyl (C=O) groups excluding carboxylic acids is 2. The van der Waals surface area contributed by atoms with Crippen LogP contribution < -0.4 is 10.6 Å². The first-order valence-electron chi connectivity index (χ1n) is 11.1. The number of hydrogen-bond acceptors (Lipinski definition) is 6. The molecule has 0 bridgehead atoms. The molecule has 0 aliphatic carbocycles. The van der Waals surface area contributed by atoms with Crippen molar-refractivity contribution in [3.63, 3.8) is 0 Å². The molecule has 3 N–H and O–H groups in total. The highest BCUT2D eigenvalue weighted by Crippen LogP contribution is 2.24. The zero-order chi connectivity index (χ0) is 24.7. The number of aromatic nitrogens is 1. The monoisotopic (exact) mass is 462 g/mol. The van der Waals surface area contributed by atoms with Crippen LogP contribution in [-0.2, 0) is 15.9 Å². The van der Waals surface area contributed by atoms with E-state index in [2.05, 4.69) is 21.7 Å². The highest BCUT2D eigenvalue weighted by atomic mass is 16.6. The summed E-state index contributed by atoms with van der Waals surface area (Å²) < 4.78 is 10.4. The van der Waals surface area contributed by atoms with E-state index in [0.717, 1.165) is 16.5 Å². The van der Waals surface area contributed by atoms with E-state index in [-0.39, 0.29) is 6.42 Å². The van der Waals surface area contributed by atoms with Gasteiger partial charge in [0.2, 0.25) is 0 Å². The number of nitrogens with one attached hydrogen (secondary N) is 3. The summed E-state index contributed by atoms with van der Waals surface area (Å²) in [6.45, 7) is 5.37. The fourth-order valence-corrected chi connectivity index (χ4v) is 3.78. The Morgan fingerprint density at radius 1 is 1.09 bits per heavy atom. The maximum Gasteiger partial charge on any atom is 0.407 e. The fraction of sp³-hybridized carbons (Fsp3) is 0.346. The average molecular weight is 463 g/mol. The van der Waals surface area contributed by atoms with E-state index in [1.165, 1.54) is 7.11 Å². The van der Waals surface area contributed by atoms with E-state index in [9.17, 15) is 14.9 Å². The molecule has 2 aromatic carbocycles. The molecule has 178 valence electrons. The number of ether oxygens (including phenoxy) is 2. The molecular weight excluding hydrogens is 432 g/mol. The maximum absolute atomic E-state index is 12.7. The second kappa shape index (κ2) is 10.8. The molecule has 1 heterocycles. The van der Waals surface area contributed by atoms with E-state index in [4.69, 9.17) is 9.47 Å². The van der Waals surface area contributed by atoms with Crippen LogP contribution in [0.4, 0.5) is 10.5 Å². The van der Waals surface area contributed by atoms with Crippen LogP contribution in [0.15, 0.2) is 54.7 Å². The number of alkyl carbamates (subject to hydrolysis) is 1. The molecular formula is C26H30N4O4. The number of rotatable bonds is 8. The molecule has 1 amide bonds. The summed E-state index contributed by atoms with van der Waals surface area (Å²) in [6.07, 6.45) is 1.84. The first-order chi connectivity index (χ1) is 16.2. The molecule has 0 radical (unpaired) electrons. The van der Waals surface area contributed by atoms with Gasteiger partial charge in [0.05, 0.1) is 37.2 Å². The molecule has 8 nitrogen and oxygen atoms in total. The Kier molecular flexibility index (Phi) is 7.79. The Hall–Kier alpha value is -3.99. The zero-order valence-corrected chi connectivity index (χ0v) is 19.8. The molecule has 3 aromatic rings. The number of fused-ring (bicyclic) bond motifs is 1. The highest BCUT2D eigenvalue weighted by molar-refractivity contribution is 5.95. The number of hydrogen-bond donors (Lipinski definition) is 3. The summed E-state index contributed by atoms with van der Waals surface area (Å²) in [5, 5.41) is 16.8. The van der Waals surface area contributed by atoms with E-state index in [0.29, 0.717) is 17.7 Å². The van der Waals surface area contributed by atoms with Crippen molar-refractivity contribution >= 4 is 28.7 Å². The van der Waals surface area contributed by atoms with Crippen molar-refractivity contribution in [1.82, 2.24) is 10.3 Å². The second-order valence-corrected chi connectivity index (χ2v) is 8.97. The van der Waals surface area contributed by atoms with Crippen LogP contribution in [0.25, 0.3) is 10.9 Å². The number of esters is 1. The molecule has 34 heavy (non-hydrogen) atoms. The van der Waals surface area contributed by atoms with Crippen LogP contribution in [0, 0.1) is 11.3 Å². The van der Waals surface area contributed by atoms with Gasteiger partial charge in [0.15, 0.2) is 0 Å². The van der Waals surface area contributed by atoms with Crippen molar-refractivity contribution in [2.45, 2.75) is 51.3 Å². The van der Waals surface area contributed by atoms with Gasteiger partial charge in [0.25, 0.3) is 0 Å². The number of nitriles is 1. The van der Waals surface area contributed by atoms with Gasteiger partial charge in [-0.05, 0) is 51.0 Å². The van der Waals surface area contributed by atoms with E-state index in [1.54, 1.807) is 45.0 Å². The van der Waals surface area contributed by atoms with Gasteiger partial charge < -0.3 is 25.1 Å². The predicted molar refractivity (Wildman–Crippen MR) is 131 cm³/mol. The Balaban J connectivity index is 1.95. The topological polar surface area (TPSA) is 116 Å². The zero-order valence-electron chi connectivity index (χ0n) is 19.8. The molecule has 1 aromatic heterocycles. The van der Waals surface area contributed by atoms with Crippen LogP contribution >= 0.6 is 0 Å². The molecule has 8 heteroatoms. The van der Waals surface area contributed by atoms with Gasteiger partial charge in [0, 0.05) is 22.8 Å². The summed E-state index contributed by atoms with van der Waals surface area (Å²) in [4.78, 5) is 28.2. The predicted octanol–water partition coefficient (Wildman–Crippen LogP) is 4.78. The van der Waals surface area contributed by atoms with E-state index < -0.39 is 29.7 Å². The summed E-state index contributed by atoms with van der Waals surface area (Å²) in [5.74, 6) is -0.493. The summed E-state index contributed by atoms with van der Waals surface area (Å²) >= 11 is 0. The third-order valence-corrected chi connectivity index (χ3v) is 5.29. The Morgan fingerprint density at radius 2 is 1.79 bits per heavy atom. The average Bonchev–Trinajstić information content (AvgIpc) is 3.20. The SMILES string of the molecule is COC(=O)c1ccccc1NC(CC#N)[C@H](Cc1c[nH]c2ccccc12)NC(=O)OC(C)(C)C. The van der Waals surface area contributed by atoms with E-state index in [1.807, 2.05) is 30.5 Å². The largest absolute Gasteiger partial charge is 0.465 e. The minimum atomic E-state index is -0.676. The van der Waals surface area contributed by atoms with Gasteiger partial charge in [-0.1, -0.05) is 30.3 Å². The van der Waals surface area contributed by atoms with Crippen molar-refractivity contribution in [2.75, 3.05) is 12.4 Å².